The molecule has 24 heavy (non-hydrogen) atoms. The van der Waals surface area contributed by atoms with Crippen molar-refractivity contribution in [3.8, 4) is 0 Å². The van der Waals surface area contributed by atoms with Crippen LogP contribution in [0, 0.1) is 0 Å². The fourth-order valence-electron chi connectivity index (χ4n) is 2.21. The van der Waals surface area contributed by atoms with E-state index in [2.05, 4.69) is 10.6 Å². The largest absolute Gasteiger partial charge is 0.430 e. The van der Waals surface area contributed by atoms with E-state index in [9.17, 15) is 9.59 Å². The highest BCUT2D eigenvalue weighted by Crippen LogP contribution is 2.15. The number of nitrogens with one attached hydrogen (secondary N) is 2. The van der Waals surface area contributed by atoms with Gasteiger partial charge in [0.15, 0.2) is 6.23 Å². The fourth-order valence-corrected chi connectivity index (χ4v) is 2.21. The molecule has 0 aliphatic rings. The Morgan fingerprint density at radius 1 is 1.08 bits per heavy atom. The molecule has 0 aromatic carbocycles. The molecule has 0 saturated carbocycles. The third-order valence-electron chi connectivity index (χ3n) is 3.53. The minimum absolute atomic E-state index is 0.443. The summed E-state index contributed by atoms with van der Waals surface area (Å²) < 4.78 is 10.6. The van der Waals surface area contributed by atoms with E-state index in [0.29, 0.717) is 19.6 Å². The smallest absolute Gasteiger partial charge is 0.409 e. The molecule has 0 spiro atoms. The first-order chi connectivity index (χ1) is 11.3. The Bertz CT molecular complexity index is 377. The molecule has 0 aliphatic heterocycles. The van der Waals surface area contributed by atoms with E-state index in [1.165, 1.54) is 0 Å². The summed E-state index contributed by atoms with van der Waals surface area (Å²) in [6.45, 7) is 10.7. The Balaban J connectivity index is 4.54. The molecule has 0 aromatic heterocycles. The Kier molecular flexibility index (Phi) is 11.1. The van der Waals surface area contributed by atoms with Crippen LogP contribution in [0.1, 0.15) is 60.3 Å². The van der Waals surface area contributed by atoms with Gasteiger partial charge in [0.2, 0.25) is 5.85 Å². The van der Waals surface area contributed by atoms with Crippen LogP contribution in [0.4, 0.5) is 9.59 Å². The molecule has 0 aromatic rings. The van der Waals surface area contributed by atoms with Gasteiger partial charge in [-0.2, -0.15) is 0 Å². The average molecular weight is 346 g/mol. The molecular weight excluding hydrogens is 312 g/mol. The summed E-state index contributed by atoms with van der Waals surface area (Å²) in [4.78, 5) is 25.2. The highest BCUT2D eigenvalue weighted by atomic mass is 16.6. The number of amides is 2. The first kappa shape index (κ1) is 22.5. The van der Waals surface area contributed by atoms with Crippen LogP contribution in [-0.4, -0.2) is 48.8 Å². The maximum absolute atomic E-state index is 11.8. The molecule has 4 N–H and O–H groups in total. The van der Waals surface area contributed by atoms with E-state index in [-0.39, 0.29) is 0 Å². The Morgan fingerprint density at radius 3 is 2.04 bits per heavy atom. The lowest BCUT2D eigenvalue weighted by atomic mass is 10.3. The third kappa shape index (κ3) is 8.93. The quantitative estimate of drug-likeness (QED) is 0.392. The highest BCUT2D eigenvalue weighted by Gasteiger charge is 2.35. The van der Waals surface area contributed by atoms with Crippen LogP contribution in [-0.2, 0) is 9.47 Å². The van der Waals surface area contributed by atoms with Crippen LogP contribution in [0.5, 0.6) is 0 Å². The average Bonchev–Trinajstić information content (AvgIpc) is 2.47. The van der Waals surface area contributed by atoms with E-state index in [1.807, 2.05) is 20.8 Å². The maximum atomic E-state index is 11.8. The van der Waals surface area contributed by atoms with E-state index in [4.69, 9.17) is 15.2 Å². The molecule has 0 saturated heterocycles. The van der Waals surface area contributed by atoms with E-state index in [1.54, 1.807) is 18.7 Å². The minimum atomic E-state index is -1.39. The normalized spacial score (nSPS) is 14.6. The molecule has 2 amide bonds. The summed E-state index contributed by atoms with van der Waals surface area (Å²) >= 11 is 0. The maximum Gasteiger partial charge on any atom is 0.409 e. The highest BCUT2D eigenvalue weighted by molar-refractivity contribution is 5.68. The molecule has 0 heterocycles. The first-order valence-corrected chi connectivity index (χ1v) is 8.75. The van der Waals surface area contributed by atoms with Crippen molar-refractivity contribution in [3.05, 3.63) is 0 Å². The summed E-state index contributed by atoms with van der Waals surface area (Å²) in [7, 11) is 0. The first-order valence-electron chi connectivity index (χ1n) is 8.75. The van der Waals surface area contributed by atoms with Gasteiger partial charge < -0.3 is 20.1 Å². The van der Waals surface area contributed by atoms with E-state index < -0.39 is 24.3 Å². The van der Waals surface area contributed by atoms with Crippen LogP contribution in [0.15, 0.2) is 0 Å². The van der Waals surface area contributed by atoms with Crippen LogP contribution < -0.4 is 16.4 Å². The minimum Gasteiger partial charge on any atom is -0.430 e. The van der Waals surface area contributed by atoms with Crippen molar-refractivity contribution in [2.75, 3.05) is 19.6 Å². The van der Waals surface area contributed by atoms with Gasteiger partial charge in [-0.05, 0) is 19.8 Å². The lowest BCUT2D eigenvalue weighted by Crippen LogP contribution is -2.61. The molecule has 8 nitrogen and oxygen atoms in total. The van der Waals surface area contributed by atoms with Gasteiger partial charge in [0.25, 0.3) is 0 Å². The van der Waals surface area contributed by atoms with Crippen molar-refractivity contribution in [1.29, 1.82) is 0 Å². The summed E-state index contributed by atoms with van der Waals surface area (Å²) in [6.07, 6.45) is 1.96. The van der Waals surface area contributed by atoms with Crippen LogP contribution in [0.25, 0.3) is 0 Å². The number of nitrogens with zero attached hydrogens (tertiary/aromatic N) is 1. The number of unbranched alkanes of at least 4 members (excludes halogenated alkanes) is 2. The molecule has 2 unspecified atom stereocenters. The fraction of sp³-hybridized carbons (Fsp3) is 0.875. The van der Waals surface area contributed by atoms with Gasteiger partial charge >= 0.3 is 12.2 Å². The summed E-state index contributed by atoms with van der Waals surface area (Å²) in [5, 5.41) is 5.32. The molecule has 8 heteroatoms. The number of hydrogen-bond acceptors (Lipinski definition) is 6. The van der Waals surface area contributed by atoms with Gasteiger partial charge in [0, 0.05) is 26.6 Å². The summed E-state index contributed by atoms with van der Waals surface area (Å²) in [5.74, 6) is -1.39. The zero-order valence-corrected chi connectivity index (χ0v) is 15.7. The Morgan fingerprint density at radius 2 is 1.58 bits per heavy atom. The number of carbonyl (C=O) groups excluding carboxylic acids is 2. The molecule has 0 fully saturated rings. The standard InChI is InChI=1S/C16H34N4O4/c1-6-9-11-18-14(21)23-13(4)20(8-3)16(5,17)24-15(22)19-12-10-7-2/h13H,6-12,17H2,1-5H3,(H,18,21)(H,19,22). The van der Waals surface area contributed by atoms with Crippen molar-refractivity contribution in [1.82, 2.24) is 15.5 Å². The van der Waals surface area contributed by atoms with Gasteiger partial charge in [0.1, 0.15) is 0 Å². The zero-order valence-electron chi connectivity index (χ0n) is 15.7. The Hall–Kier alpha value is -1.54. The topological polar surface area (TPSA) is 106 Å². The molecule has 2 atom stereocenters. The number of ether oxygens (including phenoxy) is 2. The lowest BCUT2D eigenvalue weighted by molar-refractivity contribution is -0.156. The van der Waals surface area contributed by atoms with Crippen molar-refractivity contribution in [2.45, 2.75) is 72.4 Å². The predicted octanol–water partition coefficient (Wildman–Crippen LogP) is 2.34. The summed E-state index contributed by atoms with van der Waals surface area (Å²) in [6, 6.07) is 0. The van der Waals surface area contributed by atoms with Crippen molar-refractivity contribution in [3.63, 3.8) is 0 Å². The van der Waals surface area contributed by atoms with Crippen LogP contribution >= 0.6 is 0 Å². The van der Waals surface area contributed by atoms with Gasteiger partial charge in [-0.15, -0.1) is 0 Å². The number of hydrogen-bond donors (Lipinski definition) is 3. The number of rotatable bonds is 11. The van der Waals surface area contributed by atoms with Crippen LogP contribution in [0.2, 0.25) is 0 Å². The van der Waals surface area contributed by atoms with Crippen LogP contribution in [0.3, 0.4) is 0 Å². The lowest BCUT2D eigenvalue weighted by Gasteiger charge is -2.39. The summed E-state index contributed by atoms with van der Waals surface area (Å²) in [5.41, 5.74) is 6.11. The number of alkyl carbamates (subject to hydrolysis) is 2. The predicted molar refractivity (Wildman–Crippen MR) is 93.2 cm³/mol. The Labute approximate surface area is 145 Å². The van der Waals surface area contributed by atoms with Crippen molar-refractivity contribution in [2.24, 2.45) is 5.73 Å². The van der Waals surface area contributed by atoms with Gasteiger partial charge in [-0.25, -0.2) is 14.5 Å². The molecule has 0 radical (unpaired) electrons. The molecule has 142 valence electrons. The van der Waals surface area contributed by atoms with E-state index >= 15 is 0 Å². The zero-order chi connectivity index (χ0) is 18.6. The molecular formula is C16H34N4O4. The second-order valence-electron chi connectivity index (χ2n) is 5.80. The van der Waals surface area contributed by atoms with E-state index in [0.717, 1.165) is 25.7 Å². The number of carbonyl (C=O) groups is 2. The SMILES string of the molecule is CCCCNC(=O)OC(C)N(CC)C(C)(N)OC(=O)NCCCC. The number of nitrogens with two attached hydrogens (primary N) is 1. The molecule has 0 aliphatic carbocycles. The van der Waals surface area contributed by atoms with Crippen molar-refractivity contribution < 1.29 is 19.1 Å². The molecule has 0 rings (SSSR count). The van der Waals surface area contributed by atoms with Gasteiger partial charge in [-0.1, -0.05) is 33.6 Å². The van der Waals surface area contributed by atoms with Gasteiger partial charge in [0.05, 0.1) is 0 Å². The second-order valence-corrected chi connectivity index (χ2v) is 5.80. The molecule has 0 bridgehead atoms. The van der Waals surface area contributed by atoms with Gasteiger partial charge in [-0.3, -0.25) is 5.73 Å². The third-order valence-corrected chi connectivity index (χ3v) is 3.53. The van der Waals surface area contributed by atoms with Crippen molar-refractivity contribution >= 4 is 12.2 Å². The monoisotopic (exact) mass is 346 g/mol. The second kappa shape index (κ2) is 11.9.